The predicted octanol–water partition coefficient (Wildman–Crippen LogP) is 2.56. The van der Waals surface area contributed by atoms with Gasteiger partial charge in [0.1, 0.15) is 0 Å². The number of carbonyl (C=O) groups excluding carboxylic acids is 1. The topological polar surface area (TPSA) is 67.2 Å². The molecule has 3 aromatic rings. The third-order valence-corrected chi connectivity index (χ3v) is 5.50. The molecule has 0 aliphatic carbocycles. The average Bonchev–Trinajstić information content (AvgIpc) is 3.07. The number of hydrogen-bond donors (Lipinski definition) is 0. The SMILES string of the molecule is Cc1nn(-c2ccccc2)c(C)c1CCC(=O)N1CCN(c2ncccn2)CC1. The second kappa shape index (κ2) is 8.43. The number of piperazine rings is 1. The highest BCUT2D eigenvalue weighted by Gasteiger charge is 2.23. The highest BCUT2D eigenvalue weighted by molar-refractivity contribution is 5.76. The van der Waals surface area contributed by atoms with E-state index in [-0.39, 0.29) is 5.91 Å². The lowest BCUT2D eigenvalue weighted by Gasteiger charge is -2.34. The van der Waals surface area contributed by atoms with Crippen LogP contribution < -0.4 is 4.90 Å². The fourth-order valence-corrected chi connectivity index (χ4v) is 3.86. The molecule has 1 fully saturated rings. The van der Waals surface area contributed by atoms with E-state index in [1.807, 2.05) is 52.9 Å². The van der Waals surface area contributed by atoms with Crippen LogP contribution in [-0.4, -0.2) is 56.7 Å². The maximum Gasteiger partial charge on any atom is 0.225 e. The third kappa shape index (κ3) is 4.13. The molecule has 1 saturated heterocycles. The lowest BCUT2D eigenvalue weighted by atomic mass is 10.1. The van der Waals surface area contributed by atoms with Crippen molar-refractivity contribution in [3.8, 4) is 5.69 Å². The van der Waals surface area contributed by atoms with Gasteiger partial charge in [-0.1, -0.05) is 18.2 Å². The van der Waals surface area contributed by atoms with Crippen molar-refractivity contribution in [1.82, 2.24) is 24.6 Å². The molecule has 3 heterocycles. The van der Waals surface area contributed by atoms with Gasteiger partial charge in [-0.15, -0.1) is 0 Å². The third-order valence-electron chi connectivity index (χ3n) is 5.50. The van der Waals surface area contributed by atoms with Crippen molar-refractivity contribution in [2.75, 3.05) is 31.1 Å². The zero-order valence-corrected chi connectivity index (χ0v) is 17.0. The minimum atomic E-state index is 0.199. The molecule has 1 amide bonds. The van der Waals surface area contributed by atoms with Crippen LogP contribution in [0.3, 0.4) is 0 Å². The summed E-state index contributed by atoms with van der Waals surface area (Å²) in [6, 6.07) is 11.9. The van der Waals surface area contributed by atoms with Crippen LogP contribution >= 0.6 is 0 Å². The van der Waals surface area contributed by atoms with Crippen LogP contribution in [0.1, 0.15) is 23.4 Å². The smallest absolute Gasteiger partial charge is 0.225 e. The first-order valence-corrected chi connectivity index (χ1v) is 10.0. The van der Waals surface area contributed by atoms with Gasteiger partial charge in [0.15, 0.2) is 0 Å². The minimum Gasteiger partial charge on any atom is -0.339 e. The molecule has 7 nitrogen and oxygen atoms in total. The number of aromatic nitrogens is 4. The number of amides is 1. The lowest BCUT2D eigenvalue weighted by Crippen LogP contribution is -2.49. The Labute approximate surface area is 171 Å². The Kier molecular flexibility index (Phi) is 5.55. The first-order chi connectivity index (χ1) is 14.1. The number of hydrogen-bond acceptors (Lipinski definition) is 5. The number of nitrogens with zero attached hydrogens (tertiary/aromatic N) is 6. The van der Waals surface area contributed by atoms with Gasteiger partial charge >= 0.3 is 0 Å². The van der Waals surface area contributed by atoms with Gasteiger partial charge in [0.25, 0.3) is 0 Å². The van der Waals surface area contributed by atoms with Gasteiger partial charge in [-0.25, -0.2) is 14.6 Å². The normalized spacial score (nSPS) is 14.3. The van der Waals surface area contributed by atoms with E-state index < -0.39 is 0 Å². The fraction of sp³-hybridized carbons (Fsp3) is 0.364. The minimum absolute atomic E-state index is 0.199. The molecule has 4 rings (SSSR count). The molecule has 0 atom stereocenters. The summed E-state index contributed by atoms with van der Waals surface area (Å²) >= 11 is 0. The van der Waals surface area contributed by atoms with Crippen LogP contribution in [0.4, 0.5) is 5.95 Å². The summed E-state index contributed by atoms with van der Waals surface area (Å²) in [6.07, 6.45) is 4.72. The molecule has 7 heteroatoms. The molecule has 29 heavy (non-hydrogen) atoms. The highest BCUT2D eigenvalue weighted by atomic mass is 16.2. The molecule has 0 spiro atoms. The van der Waals surface area contributed by atoms with Crippen LogP contribution in [0.15, 0.2) is 48.8 Å². The highest BCUT2D eigenvalue weighted by Crippen LogP contribution is 2.20. The van der Waals surface area contributed by atoms with Crippen molar-refractivity contribution in [3.63, 3.8) is 0 Å². The van der Waals surface area contributed by atoms with Crippen molar-refractivity contribution in [1.29, 1.82) is 0 Å². The number of rotatable bonds is 5. The van der Waals surface area contributed by atoms with Crippen molar-refractivity contribution < 1.29 is 4.79 Å². The molecule has 1 aromatic carbocycles. The van der Waals surface area contributed by atoms with E-state index in [1.54, 1.807) is 12.4 Å². The molecule has 1 aliphatic rings. The van der Waals surface area contributed by atoms with E-state index in [1.165, 1.54) is 5.56 Å². The molecular formula is C22H26N6O. The van der Waals surface area contributed by atoms with Crippen LogP contribution in [0.5, 0.6) is 0 Å². The van der Waals surface area contributed by atoms with Crippen LogP contribution in [0.2, 0.25) is 0 Å². The Hall–Kier alpha value is -3.22. The summed E-state index contributed by atoms with van der Waals surface area (Å²) in [6.45, 7) is 7.03. The summed E-state index contributed by atoms with van der Waals surface area (Å²) in [4.78, 5) is 25.4. The molecule has 0 radical (unpaired) electrons. The monoisotopic (exact) mass is 390 g/mol. The molecule has 0 saturated carbocycles. The molecule has 150 valence electrons. The summed E-state index contributed by atoms with van der Waals surface area (Å²) < 4.78 is 1.97. The summed E-state index contributed by atoms with van der Waals surface area (Å²) in [7, 11) is 0. The second-order valence-electron chi connectivity index (χ2n) is 7.31. The maximum absolute atomic E-state index is 12.8. The fourth-order valence-electron chi connectivity index (χ4n) is 3.86. The van der Waals surface area contributed by atoms with Gasteiger partial charge in [0.05, 0.1) is 11.4 Å². The van der Waals surface area contributed by atoms with Crippen molar-refractivity contribution in [2.24, 2.45) is 0 Å². The lowest BCUT2D eigenvalue weighted by molar-refractivity contribution is -0.131. The van der Waals surface area contributed by atoms with Gasteiger partial charge in [-0.2, -0.15) is 5.10 Å². The van der Waals surface area contributed by atoms with Crippen molar-refractivity contribution >= 4 is 11.9 Å². The van der Waals surface area contributed by atoms with E-state index in [9.17, 15) is 4.79 Å². The van der Waals surface area contributed by atoms with Gasteiger partial charge in [-0.05, 0) is 44.0 Å². The first kappa shape index (κ1) is 19.1. The Morgan fingerprint density at radius 1 is 0.966 bits per heavy atom. The van der Waals surface area contributed by atoms with E-state index in [4.69, 9.17) is 0 Å². The van der Waals surface area contributed by atoms with E-state index in [0.717, 1.165) is 36.1 Å². The first-order valence-electron chi connectivity index (χ1n) is 10.0. The van der Waals surface area contributed by atoms with E-state index in [0.29, 0.717) is 25.9 Å². The predicted molar refractivity (Wildman–Crippen MR) is 112 cm³/mol. The van der Waals surface area contributed by atoms with Crippen molar-refractivity contribution in [2.45, 2.75) is 26.7 Å². The second-order valence-corrected chi connectivity index (χ2v) is 7.31. The zero-order valence-electron chi connectivity index (χ0n) is 17.0. The van der Waals surface area contributed by atoms with Crippen LogP contribution in [0.25, 0.3) is 5.69 Å². The molecule has 0 bridgehead atoms. The summed E-state index contributed by atoms with van der Waals surface area (Å²) in [5.74, 6) is 0.934. The zero-order chi connectivity index (χ0) is 20.2. The molecule has 0 unspecified atom stereocenters. The van der Waals surface area contributed by atoms with E-state index in [2.05, 4.69) is 26.9 Å². The molecule has 1 aliphatic heterocycles. The number of carbonyl (C=O) groups is 1. The Morgan fingerprint density at radius 2 is 1.66 bits per heavy atom. The largest absolute Gasteiger partial charge is 0.339 e. The molecule has 0 N–H and O–H groups in total. The summed E-state index contributed by atoms with van der Waals surface area (Å²) in [5, 5.41) is 4.69. The maximum atomic E-state index is 12.8. The number of para-hydroxylation sites is 1. The van der Waals surface area contributed by atoms with Crippen molar-refractivity contribution in [3.05, 3.63) is 65.7 Å². The molecule has 2 aromatic heterocycles. The number of benzene rings is 1. The van der Waals surface area contributed by atoms with Crippen LogP contribution in [-0.2, 0) is 11.2 Å². The standard InChI is InChI=1S/C22H26N6O/c1-17-20(18(2)28(25-17)19-7-4-3-5-8-19)9-10-21(29)26-13-15-27(16-14-26)22-23-11-6-12-24-22/h3-8,11-12H,9-10,13-16H2,1-2H3. The average molecular weight is 390 g/mol. The van der Waals surface area contributed by atoms with E-state index >= 15 is 0 Å². The Balaban J connectivity index is 1.35. The van der Waals surface area contributed by atoms with Gasteiger partial charge < -0.3 is 9.80 Å². The Morgan fingerprint density at radius 3 is 2.34 bits per heavy atom. The van der Waals surface area contributed by atoms with Gasteiger partial charge in [0.2, 0.25) is 11.9 Å². The van der Waals surface area contributed by atoms with Gasteiger partial charge in [-0.3, -0.25) is 4.79 Å². The van der Waals surface area contributed by atoms with Gasteiger partial charge in [0, 0.05) is 50.7 Å². The quantitative estimate of drug-likeness (QED) is 0.670. The van der Waals surface area contributed by atoms with Crippen LogP contribution in [0, 0.1) is 13.8 Å². The summed E-state index contributed by atoms with van der Waals surface area (Å²) in [5.41, 5.74) is 4.31. The Bertz CT molecular complexity index is 962. The number of anilines is 1. The molecular weight excluding hydrogens is 364 g/mol. The number of aryl methyl sites for hydroxylation is 1.